The van der Waals surface area contributed by atoms with E-state index in [4.69, 9.17) is 16.7 Å². The molecule has 1 aromatic rings. The zero-order chi connectivity index (χ0) is 13.4. The summed E-state index contributed by atoms with van der Waals surface area (Å²) in [4.78, 5) is 10.8. The summed E-state index contributed by atoms with van der Waals surface area (Å²) in [5.41, 5.74) is 0.0634. The highest BCUT2D eigenvalue weighted by Crippen LogP contribution is 2.29. The Labute approximate surface area is 105 Å². The number of aromatic carboxylic acids is 1. The Hall–Kier alpha value is -1.11. The second-order valence-electron chi connectivity index (χ2n) is 3.64. The molecule has 7 heteroatoms. The van der Waals surface area contributed by atoms with Gasteiger partial charge in [-0.15, -0.1) is 0 Å². The molecule has 0 aliphatic carbocycles. The Kier molecular flexibility index (Phi) is 3.81. The van der Waals surface area contributed by atoms with Crippen LogP contribution >= 0.6 is 11.6 Å². The van der Waals surface area contributed by atoms with Crippen molar-refractivity contribution in [3.8, 4) is 0 Å². The van der Waals surface area contributed by atoms with Crippen LogP contribution in [0.15, 0.2) is 17.0 Å². The number of halogens is 1. The molecule has 0 unspecified atom stereocenters. The normalized spacial score (nSPS) is 11.8. The quantitative estimate of drug-likeness (QED) is 0.910. The molecule has 0 fully saturated rings. The fraction of sp³-hybridized carbons (Fsp3) is 0.300. The monoisotopic (exact) mass is 277 g/mol. The summed E-state index contributed by atoms with van der Waals surface area (Å²) < 4.78 is 25.0. The average molecular weight is 278 g/mol. The van der Waals surface area contributed by atoms with Crippen LogP contribution in [-0.2, 0) is 10.0 Å². The van der Waals surface area contributed by atoms with Crippen LogP contribution in [0.2, 0.25) is 5.02 Å². The molecule has 0 atom stereocenters. The topological polar surface area (TPSA) is 74.7 Å². The van der Waals surface area contributed by atoms with Gasteiger partial charge in [0, 0.05) is 14.1 Å². The summed E-state index contributed by atoms with van der Waals surface area (Å²) in [5.74, 6) is -1.19. The number of rotatable bonds is 3. The van der Waals surface area contributed by atoms with Gasteiger partial charge in [-0.3, -0.25) is 0 Å². The lowest BCUT2D eigenvalue weighted by Crippen LogP contribution is -2.24. The smallest absolute Gasteiger partial charge is 0.335 e. The van der Waals surface area contributed by atoms with Gasteiger partial charge in [0.15, 0.2) is 0 Å². The Bertz CT molecular complexity index is 566. The fourth-order valence-electron chi connectivity index (χ4n) is 1.39. The highest BCUT2D eigenvalue weighted by molar-refractivity contribution is 7.89. The van der Waals surface area contributed by atoms with Gasteiger partial charge in [0.05, 0.1) is 10.6 Å². The summed E-state index contributed by atoms with van der Waals surface area (Å²) in [7, 11) is -1.04. The lowest BCUT2D eigenvalue weighted by Gasteiger charge is -2.16. The first kappa shape index (κ1) is 14.0. The van der Waals surface area contributed by atoms with Crippen LogP contribution in [0.1, 0.15) is 15.9 Å². The third-order valence-electron chi connectivity index (χ3n) is 2.33. The first-order valence-electron chi connectivity index (χ1n) is 4.64. The molecule has 94 valence electrons. The van der Waals surface area contributed by atoms with Crippen molar-refractivity contribution in [1.82, 2.24) is 4.31 Å². The van der Waals surface area contributed by atoms with E-state index in [0.29, 0.717) is 0 Å². The molecule has 0 saturated carbocycles. The van der Waals surface area contributed by atoms with Gasteiger partial charge in [-0.05, 0) is 24.6 Å². The Morgan fingerprint density at radius 2 is 1.88 bits per heavy atom. The SMILES string of the molecule is Cc1c(C(=O)O)ccc(Cl)c1S(=O)(=O)N(C)C. The maximum absolute atomic E-state index is 12.0. The first-order valence-corrected chi connectivity index (χ1v) is 6.46. The van der Waals surface area contributed by atoms with E-state index in [0.717, 1.165) is 4.31 Å². The fourth-order valence-corrected chi connectivity index (χ4v) is 3.06. The van der Waals surface area contributed by atoms with Crippen molar-refractivity contribution >= 4 is 27.6 Å². The van der Waals surface area contributed by atoms with Crippen LogP contribution in [0.5, 0.6) is 0 Å². The van der Waals surface area contributed by atoms with E-state index in [1.807, 2.05) is 0 Å². The number of nitrogens with zero attached hydrogens (tertiary/aromatic N) is 1. The summed E-state index contributed by atoms with van der Waals surface area (Å²) in [5, 5.41) is 8.95. The molecule has 0 radical (unpaired) electrons. The molecule has 0 heterocycles. The predicted molar refractivity (Wildman–Crippen MR) is 64.0 cm³/mol. The Morgan fingerprint density at radius 1 is 1.35 bits per heavy atom. The number of carboxylic acid groups (broad SMARTS) is 1. The van der Waals surface area contributed by atoms with Crippen LogP contribution in [0.25, 0.3) is 0 Å². The van der Waals surface area contributed by atoms with Gasteiger partial charge in [0.1, 0.15) is 4.90 Å². The lowest BCUT2D eigenvalue weighted by molar-refractivity contribution is 0.0696. The summed E-state index contributed by atoms with van der Waals surface area (Å²) in [6, 6.07) is 2.56. The summed E-state index contributed by atoms with van der Waals surface area (Å²) in [6.45, 7) is 1.42. The molecule has 1 N–H and O–H groups in total. The minimum absolute atomic E-state index is 0.0150. The van der Waals surface area contributed by atoms with Gasteiger partial charge < -0.3 is 5.11 Å². The zero-order valence-electron chi connectivity index (χ0n) is 9.56. The second kappa shape index (κ2) is 4.64. The van der Waals surface area contributed by atoms with E-state index in [9.17, 15) is 13.2 Å². The van der Waals surface area contributed by atoms with Crippen molar-refractivity contribution in [2.24, 2.45) is 0 Å². The Balaban J connectivity index is 3.65. The molecule has 0 aromatic heterocycles. The van der Waals surface area contributed by atoms with Gasteiger partial charge in [-0.1, -0.05) is 11.6 Å². The third-order valence-corrected chi connectivity index (χ3v) is 4.76. The van der Waals surface area contributed by atoms with E-state index in [2.05, 4.69) is 0 Å². The third kappa shape index (κ3) is 2.43. The molecule has 1 rings (SSSR count). The van der Waals surface area contributed by atoms with Crippen LogP contribution in [0.4, 0.5) is 0 Å². The van der Waals surface area contributed by atoms with Crippen molar-refractivity contribution in [3.05, 3.63) is 28.3 Å². The highest BCUT2D eigenvalue weighted by Gasteiger charge is 2.26. The van der Waals surface area contributed by atoms with Crippen molar-refractivity contribution in [1.29, 1.82) is 0 Å². The molecule has 17 heavy (non-hydrogen) atoms. The maximum atomic E-state index is 12.0. The number of hydrogen-bond acceptors (Lipinski definition) is 3. The van der Waals surface area contributed by atoms with Gasteiger partial charge in [-0.2, -0.15) is 0 Å². The van der Waals surface area contributed by atoms with Crippen LogP contribution in [0.3, 0.4) is 0 Å². The van der Waals surface area contributed by atoms with Gasteiger partial charge in [0.25, 0.3) is 0 Å². The van der Waals surface area contributed by atoms with Crippen molar-refractivity contribution in [3.63, 3.8) is 0 Å². The van der Waals surface area contributed by atoms with Crippen molar-refractivity contribution < 1.29 is 18.3 Å². The summed E-state index contributed by atoms with van der Waals surface area (Å²) in [6.07, 6.45) is 0. The molecule has 0 bridgehead atoms. The number of carboxylic acids is 1. The van der Waals surface area contributed by atoms with E-state index < -0.39 is 16.0 Å². The maximum Gasteiger partial charge on any atom is 0.335 e. The second-order valence-corrected chi connectivity index (χ2v) is 6.14. The summed E-state index contributed by atoms with van der Waals surface area (Å²) >= 11 is 5.84. The minimum Gasteiger partial charge on any atom is -0.478 e. The van der Waals surface area contributed by atoms with E-state index >= 15 is 0 Å². The van der Waals surface area contributed by atoms with E-state index in [1.165, 1.54) is 33.2 Å². The first-order chi connectivity index (χ1) is 7.69. The van der Waals surface area contributed by atoms with Gasteiger partial charge in [0.2, 0.25) is 10.0 Å². The van der Waals surface area contributed by atoms with Crippen LogP contribution < -0.4 is 0 Å². The Morgan fingerprint density at radius 3 is 2.29 bits per heavy atom. The predicted octanol–water partition coefficient (Wildman–Crippen LogP) is 1.60. The standard InChI is InChI=1S/C10H12ClNO4S/c1-6-7(10(13)14)4-5-8(11)9(6)17(15,16)12(2)3/h4-5H,1-3H3,(H,13,14). The molecular formula is C10H12ClNO4S. The van der Waals surface area contributed by atoms with E-state index in [-0.39, 0.29) is 21.0 Å². The number of benzene rings is 1. The van der Waals surface area contributed by atoms with Crippen molar-refractivity contribution in [2.45, 2.75) is 11.8 Å². The van der Waals surface area contributed by atoms with Crippen LogP contribution in [-0.4, -0.2) is 37.9 Å². The van der Waals surface area contributed by atoms with Crippen LogP contribution in [0, 0.1) is 6.92 Å². The lowest BCUT2D eigenvalue weighted by atomic mass is 10.1. The molecule has 1 aromatic carbocycles. The minimum atomic E-state index is -3.76. The molecule has 0 aliphatic heterocycles. The van der Waals surface area contributed by atoms with E-state index in [1.54, 1.807) is 0 Å². The molecular weight excluding hydrogens is 266 g/mol. The largest absolute Gasteiger partial charge is 0.478 e. The molecule has 0 spiro atoms. The molecule has 0 saturated heterocycles. The molecule has 0 amide bonds. The number of sulfonamides is 1. The number of hydrogen-bond donors (Lipinski definition) is 1. The highest BCUT2D eigenvalue weighted by atomic mass is 35.5. The van der Waals surface area contributed by atoms with Gasteiger partial charge in [-0.25, -0.2) is 17.5 Å². The zero-order valence-corrected chi connectivity index (χ0v) is 11.1. The average Bonchev–Trinajstić information content (AvgIpc) is 2.16. The molecule has 5 nitrogen and oxygen atoms in total. The van der Waals surface area contributed by atoms with Gasteiger partial charge >= 0.3 is 5.97 Å². The number of carbonyl (C=O) groups is 1. The molecule has 0 aliphatic rings. The van der Waals surface area contributed by atoms with Crippen molar-refractivity contribution in [2.75, 3.05) is 14.1 Å².